The highest BCUT2D eigenvalue weighted by molar-refractivity contribution is 6.65. The summed E-state index contributed by atoms with van der Waals surface area (Å²) in [7, 11) is 0. The largest absolute Gasteiger partial charge is 0.336 e. The second-order valence-corrected chi connectivity index (χ2v) is 6.35. The Balaban J connectivity index is 2.23. The number of allylic oxidation sites excluding steroid dienone is 1. The van der Waals surface area contributed by atoms with Crippen LogP contribution in [0.4, 0.5) is 14.6 Å². The Labute approximate surface area is 167 Å². The number of guanidine groups is 1. The molecular weight excluding hydrogens is 388 g/mol. The van der Waals surface area contributed by atoms with E-state index in [0.29, 0.717) is 11.6 Å². The SMILES string of the molecule is CC=C(NC(N=C(C)Cl)=N[C@@H](C)c1ncc(F)cc1F)Nc1cn(CC)cn1. The Kier molecular flexibility index (Phi) is 7.62. The van der Waals surface area contributed by atoms with Gasteiger partial charge in [0.05, 0.1) is 18.6 Å². The summed E-state index contributed by atoms with van der Waals surface area (Å²) in [6.07, 6.45) is 6.26. The molecular formula is C18H22ClF2N7. The van der Waals surface area contributed by atoms with Gasteiger partial charge >= 0.3 is 0 Å². The molecule has 2 N–H and O–H groups in total. The maximum atomic E-state index is 14.0. The van der Waals surface area contributed by atoms with E-state index < -0.39 is 17.7 Å². The monoisotopic (exact) mass is 409 g/mol. The second-order valence-electron chi connectivity index (χ2n) is 5.80. The molecule has 150 valence electrons. The van der Waals surface area contributed by atoms with Gasteiger partial charge in [0.2, 0.25) is 5.96 Å². The first kappa shape index (κ1) is 21.5. The average molecular weight is 410 g/mol. The number of aromatic nitrogens is 3. The molecule has 0 saturated heterocycles. The van der Waals surface area contributed by atoms with Crippen molar-refractivity contribution in [1.29, 1.82) is 0 Å². The van der Waals surface area contributed by atoms with Crippen molar-refractivity contribution in [3.8, 4) is 0 Å². The van der Waals surface area contributed by atoms with Gasteiger partial charge in [0, 0.05) is 18.8 Å². The molecule has 0 unspecified atom stereocenters. The van der Waals surface area contributed by atoms with Gasteiger partial charge in [0.1, 0.15) is 34.1 Å². The smallest absolute Gasteiger partial charge is 0.225 e. The summed E-state index contributed by atoms with van der Waals surface area (Å²) >= 11 is 5.90. The third-order valence-electron chi connectivity index (χ3n) is 3.60. The van der Waals surface area contributed by atoms with Crippen molar-refractivity contribution in [3.63, 3.8) is 0 Å². The average Bonchev–Trinajstić information content (AvgIpc) is 3.08. The highest BCUT2D eigenvalue weighted by Gasteiger charge is 2.14. The predicted molar refractivity (Wildman–Crippen MR) is 107 cm³/mol. The number of anilines is 1. The number of nitrogens with one attached hydrogen (secondary N) is 2. The highest BCUT2D eigenvalue weighted by atomic mass is 35.5. The molecule has 0 aliphatic heterocycles. The number of imidazole rings is 1. The van der Waals surface area contributed by atoms with Crippen LogP contribution in [0.1, 0.15) is 39.4 Å². The summed E-state index contributed by atoms with van der Waals surface area (Å²) in [5, 5.41) is 6.33. The lowest BCUT2D eigenvalue weighted by molar-refractivity contribution is 0.545. The number of rotatable bonds is 6. The quantitative estimate of drug-likeness (QED) is 0.553. The van der Waals surface area contributed by atoms with Crippen LogP contribution < -0.4 is 10.6 Å². The van der Waals surface area contributed by atoms with Crippen LogP contribution in [-0.4, -0.2) is 25.7 Å². The first-order valence-electron chi connectivity index (χ1n) is 8.64. The molecule has 28 heavy (non-hydrogen) atoms. The number of halogens is 3. The van der Waals surface area contributed by atoms with E-state index in [1.807, 2.05) is 24.6 Å². The molecule has 1 atom stereocenters. The summed E-state index contributed by atoms with van der Waals surface area (Å²) in [6, 6.07) is 0.0424. The van der Waals surface area contributed by atoms with Crippen molar-refractivity contribution in [1.82, 2.24) is 19.9 Å². The van der Waals surface area contributed by atoms with E-state index in [9.17, 15) is 8.78 Å². The molecule has 0 aromatic carbocycles. The molecule has 0 saturated carbocycles. The van der Waals surface area contributed by atoms with Gasteiger partial charge in [0.25, 0.3) is 0 Å². The Bertz CT molecular complexity index is 901. The standard InChI is InChI=1S/C18H22ClF2N7/c1-5-15(26-16-9-28(6-2)10-23-16)27-18(25-12(4)19)24-11(3)17-14(21)7-13(20)8-22-17/h5,7-11,26H,6H2,1-4H3,(H,24,27)/t11-/m0/s1. The minimum absolute atomic E-state index is 0.000184. The van der Waals surface area contributed by atoms with E-state index in [1.54, 1.807) is 26.3 Å². The van der Waals surface area contributed by atoms with Crippen LogP contribution in [0, 0.1) is 11.6 Å². The molecule has 0 spiro atoms. The number of pyridine rings is 1. The summed E-state index contributed by atoms with van der Waals surface area (Å²) in [5.41, 5.74) is -0.000184. The maximum absolute atomic E-state index is 14.0. The van der Waals surface area contributed by atoms with Crippen molar-refractivity contribution >= 4 is 28.5 Å². The van der Waals surface area contributed by atoms with E-state index >= 15 is 0 Å². The predicted octanol–water partition coefficient (Wildman–Crippen LogP) is 4.21. The fourth-order valence-electron chi connectivity index (χ4n) is 2.24. The molecule has 0 aliphatic carbocycles. The van der Waals surface area contributed by atoms with E-state index in [2.05, 4.69) is 30.6 Å². The van der Waals surface area contributed by atoms with Crippen molar-refractivity contribution in [2.45, 2.75) is 40.3 Å². The molecule has 2 heterocycles. The first-order valence-corrected chi connectivity index (χ1v) is 9.01. The number of nitrogens with zero attached hydrogens (tertiary/aromatic N) is 5. The van der Waals surface area contributed by atoms with Gasteiger partial charge in [-0.25, -0.2) is 23.7 Å². The number of aryl methyl sites for hydroxylation is 1. The molecule has 0 aliphatic rings. The second kappa shape index (κ2) is 9.93. The number of hydrogen-bond acceptors (Lipinski definition) is 4. The lowest BCUT2D eigenvalue weighted by Crippen LogP contribution is -2.27. The van der Waals surface area contributed by atoms with Crippen molar-refractivity contribution in [3.05, 3.63) is 54.0 Å². The number of hydrogen-bond donors (Lipinski definition) is 2. The summed E-state index contributed by atoms with van der Waals surface area (Å²) < 4.78 is 29.0. The zero-order valence-corrected chi connectivity index (χ0v) is 16.8. The van der Waals surface area contributed by atoms with Crippen LogP contribution in [0.2, 0.25) is 0 Å². The molecule has 10 heteroatoms. The molecule has 2 aromatic heterocycles. The summed E-state index contributed by atoms with van der Waals surface area (Å²) in [6.45, 7) is 7.82. The third kappa shape index (κ3) is 6.12. The van der Waals surface area contributed by atoms with Crippen LogP contribution in [0.3, 0.4) is 0 Å². The molecule has 0 fully saturated rings. The minimum atomic E-state index is -0.781. The van der Waals surface area contributed by atoms with E-state index in [4.69, 9.17) is 11.6 Å². The maximum Gasteiger partial charge on any atom is 0.225 e. The Morgan fingerprint density at radius 2 is 2.14 bits per heavy atom. The Morgan fingerprint density at radius 1 is 1.39 bits per heavy atom. The molecule has 2 rings (SSSR count). The normalized spacial score (nSPS) is 14.2. The van der Waals surface area contributed by atoms with Gasteiger partial charge in [-0.1, -0.05) is 11.6 Å². The number of aliphatic imine (C=N–C) groups is 2. The van der Waals surface area contributed by atoms with Gasteiger partial charge in [-0.05, 0) is 33.8 Å². The van der Waals surface area contributed by atoms with Crippen LogP contribution >= 0.6 is 11.6 Å². The fourth-order valence-corrected chi connectivity index (χ4v) is 2.32. The fraction of sp³-hybridized carbons (Fsp3) is 0.333. The van der Waals surface area contributed by atoms with Crippen LogP contribution in [0.15, 0.2) is 46.7 Å². The third-order valence-corrected chi connectivity index (χ3v) is 3.69. The summed E-state index contributed by atoms with van der Waals surface area (Å²) in [4.78, 5) is 16.5. The molecule has 0 bridgehead atoms. The van der Waals surface area contributed by atoms with Gasteiger partial charge < -0.3 is 15.2 Å². The Morgan fingerprint density at radius 3 is 2.71 bits per heavy atom. The van der Waals surface area contributed by atoms with E-state index in [1.165, 1.54) is 0 Å². The van der Waals surface area contributed by atoms with Crippen LogP contribution in [-0.2, 0) is 6.54 Å². The van der Waals surface area contributed by atoms with Gasteiger partial charge in [-0.15, -0.1) is 0 Å². The zero-order valence-electron chi connectivity index (χ0n) is 16.0. The Hall–Kier alpha value is -2.81. The first-order chi connectivity index (χ1) is 13.3. The van der Waals surface area contributed by atoms with Gasteiger partial charge in [-0.3, -0.25) is 4.98 Å². The lowest BCUT2D eigenvalue weighted by Gasteiger charge is -2.13. The molecule has 0 radical (unpaired) electrons. The lowest BCUT2D eigenvalue weighted by atomic mass is 10.2. The van der Waals surface area contributed by atoms with Crippen molar-refractivity contribution < 1.29 is 8.78 Å². The zero-order chi connectivity index (χ0) is 20.7. The molecule has 0 amide bonds. The topological polar surface area (TPSA) is 79.5 Å². The van der Waals surface area contributed by atoms with Crippen LogP contribution in [0.5, 0.6) is 0 Å². The van der Waals surface area contributed by atoms with E-state index in [-0.39, 0.29) is 16.8 Å². The van der Waals surface area contributed by atoms with Gasteiger partial charge in [0.15, 0.2) is 0 Å². The molecule has 7 nitrogen and oxygen atoms in total. The highest BCUT2D eigenvalue weighted by Crippen LogP contribution is 2.19. The van der Waals surface area contributed by atoms with Crippen molar-refractivity contribution in [2.24, 2.45) is 9.98 Å². The minimum Gasteiger partial charge on any atom is -0.336 e. The molecule has 2 aromatic rings. The van der Waals surface area contributed by atoms with Crippen molar-refractivity contribution in [2.75, 3.05) is 5.32 Å². The van der Waals surface area contributed by atoms with Gasteiger partial charge in [-0.2, -0.15) is 0 Å². The van der Waals surface area contributed by atoms with E-state index in [0.717, 1.165) is 18.8 Å². The van der Waals surface area contributed by atoms with Crippen LogP contribution in [0.25, 0.3) is 0 Å². The summed E-state index contributed by atoms with van der Waals surface area (Å²) in [5.74, 6) is -0.204.